The van der Waals surface area contributed by atoms with Gasteiger partial charge in [-0.2, -0.15) is 0 Å². The van der Waals surface area contributed by atoms with Gasteiger partial charge in [0.1, 0.15) is 5.82 Å². The number of aromatic amines is 1. The van der Waals surface area contributed by atoms with Crippen LogP contribution in [0.3, 0.4) is 0 Å². The second-order valence-corrected chi connectivity index (χ2v) is 8.49. The number of thioether (sulfide) groups is 1. The third-order valence-corrected chi connectivity index (χ3v) is 6.25. The predicted octanol–water partition coefficient (Wildman–Crippen LogP) is 4.05. The predicted molar refractivity (Wildman–Crippen MR) is 120 cm³/mol. The topological polar surface area (TPSA) is 79.7 Å². The van der Waals surface area contributed by atoms with Gasteiger partial charge in [-0.1, -0.05) is 41.6 Å². The standard InChI is InChI=1S/C21H19ClN6OS/c22-14-6-5-7-15(12-14)28-20(27-10-3-4-11-27)25-26-21(28)30-13-18-23-17-9-2-1-8-16(17)19(29)24-18/h1-2,5-9,12H,3-4,10-11,13H2,(H,23,24,29). The molecule has 0 radical (unpaired) electrons. The van der Waals surface area contributed by atoms with Gasteiger partial charge in [-0.3, -0.25) is 9.36 Å². The van der Waals surface area contributed by atoms with E-state index in [2.05, 4.69) is 25.1 Å². The van der Waals surface area contributed by atoms with Crippen LogP contribution in [0.1, 0.15) is 18.7 Å². The molecule has 4 aromatic rings. The Morgan fingerprint density at radius 3 is 2.73 bits per heavy atom. The summed E-state index contributed by atoms with van der Waals surface area (Å²) < 4.78 is 2.03. The van der Waals surface area contributed by atoms with Crippen LogP contribution in [0.15, 0.2) is 58.5 Å². The molecule has 152 valence electrons. The zero-order valence-electron chi connectivity index (χ0n) is 16.1. The first-order valence-electron chi connectivity index (χ1n) is 9.76. The number of nitrogens with zero attached hydrogens (tertiary/aromatic N) is 5. The number of fused-ring (bicyclic) bond motifs is 1. The summed E-state index contributed by atoms with van der Waals surface area (Å²) in [7, 11) is 0. The molecule has 3 heterocycles. The molecule has 2 aromatic carbocycles. The van der Waals surface area contributed by atoms with Crippen LogP contribution in [-0.2, 0) is 5.75 Å². The SMILES string of the molecule is O=c1[nH]c(CSc2nnc(N3CCCC3)n2-c2cccc(Cl)c2)nc2ccccc12. The van der Waals surface area contributed by atoms with Gasteiger partial charge < -0.3 is 9.88 Å². The van der Waals surface area contributed by atoms with Crippen molar-refractivity contribution in [2.24, 2.45) is 0 Å². The van der Waals surface area contributed by atoms with Gasteiger partial charge in [0, 0.05) is 18.1 Å². The summed E-state index contributed by atoms with van der Waals surface area (Å²) in [5.41, 5.74) is 1.47. The number of hydrogen-bond acceptors (Lipinski definition) is 6. The lowest BCUT2D eigenvalue weighted by molar-refractivity contribution is 0.840. The molecule has 9 heteroatoms. The number of nitrogens with one attached hydrogen (secondary N) is 1. The lowest BCUT2D eigenvalue weighted by Gasteiger charge is -2.18. The monoisotopic (exact) mass is 438 g/mol. The van der Waals surface area contributed by atoms with Crippen LogP contribution in [0.4, 0.5) is 5.95 Å². The first-order valence-corrected chi connectivity index (χ1v) is 11.1. The molecule has 7 nitrogen and oxygen atoms in total. The van der Waals surface area contributed by atoms with E-state index in [4.69, 9.17) is 11.6 Å². The average Bonchev–Trinajstić information content (AvgIpc) is 3.42. The van der Waals surface area contributed by atoms with E-state index in [0.717, 1.165) is 42.7 Å². The fraction of sp³-hybridized carbons (Fsp3) is 0.238. The highest BCUT2D eigenvalue weighted by Gasteiger charge is 2.22. The highest BCUT2D eigenvalue weighted by Crippen LogP contribution is 2.30. The molecule has 1 saturated heterocycles. The number of aromatic nitrogens is 5. The second-order valence-electron chi connectivity index (χ2n) is 7.11. The molecule has 0 unspecified atom stereocenters. The summed E-state index contributed by atoms with van der Waals surface area (Å²) in [6.07, 6.45) is 2.29. The van der Waals surface area contributed by atoms with Gasteiger partial charge in [-0.25, -0.2) is 4.98 Å². The van der Waals surface area contributed by atoms with Gasteiger partial charge in [0.05, 0.1) is 22.3 Å². The van der Waals surface area contributed by atoms with Crippen molar-refractivity contribution in [1.29, 1.82) is 0 Å². The summed E-state index contributed by atoms with van der Waals surface area (Å²) in [5.74, 6) is 1.89. The molecule has 0 aliphatic carbocycles. The molecule has 1 aliphatic rings. The molecule has 0 amide bonds. The van der Waals surface area contributed by atoms with Crippen molar-refractivity contribution >= 4 is 40.2 Å². The highest BCUT2D eigenvalue weighted by atomic mass is 35.5. The summed E-state index contributed by atoms with van der Waals surface area (Å²) in [6, 6.07) is 15.0. The number of rotatable bonds is 5. The lowest BCUT2D eigenvalue weighted by Crippen LogP contribution is -2.22. The van der Waals surface area contributed by atoms with Crippen LogP contribution in [0.25, 0.3) is 16.6 Å². The van der Waals surface area contributed by atoms with E-state index < -0.39 is 0 Å². The van der Waals surface area contributed by atoms with Crippen molar-refractivity contribution in [2.75, 3.05) is 18.0 Å². The maximum atomic E-state index is 12.4. The molecule has 2 aromatic heterocycles. The van der Waals surface area contributed by atoms with Crippen LogP contribution in [0, 0.1) is 0 Å². The fourth-order valence-electron chi connectivity index (χ4n) is 3.65. The molecule has 1 fully saturated rings. The Kier molecular flexibility index (Phi) is 5.18. The maximum absolute atomic E-state index is 12.4. The quantitative estimate of drug-likeness (QED) is 0.473. The molecule has 1 N–H and O–H groups in total. The Labute approximate surface area is 182 Å². The molecule has 5 rings (SSSR count). The zero-order valence-corrected chi connectivity index (χ0v) is 17.7. The second kappa shape index (κ2) is 8.12. The molecule has 0 bridgehead atoms. The van der Waals surface area contributed by atoms with Gasteiger partial charge in [0.2, 0.25) is 5.95 Å². The van der Waals surface area contributed by atoms with E-state index in [1.165, 1.54) is 11.8 Å². The number of H-pyrrole nitrogens is 1. The van der Waals surface area contributed by atoms with E-state index in [1.54, 1.807) is 6.07 Å². The first-order chi connectivity index (χ1) is 14.7. The van der Waals surface area contributed by atoms with Crippen molar-refractivity contribution in [3.8, 4) is 5.69 Å². The van der Waals surface area contributed by atoms with Crippen molar-refractivity contribution < 1.29 is 0 Å². The number of anilines is 1. The minimum atomic E-state index is -0.134. The summed E-state index contributed by atoms with van der Waals surface area (Å²) >= 11 is 7.73. The van der Waals surface area contributed by atoms with E-state index >= 15 is 0 Å². The van der Waals surface area contributed by atoms with Crippen LogP contribution in [0.2, 0.25) is 5.02 Å². The number of para-hydroxylation sites is 1. The largest absolute Gasteiger partial charge is 0.341 e. The Morgan fingerprint density at radius 2 is 1.90 bits per heavy atom. The number of halogens is 1. The lowest BCUT2D eigenvalue weighted by atomic mass is 10.2. The molecule has 0 spiro atoms. The van der Waals surface area contributed by atoms with Crippen molar-refractivity contribution in [3.05, 3.63) is 69.7 Å². The molecule has 30 heavy (non-hydrogen) atoms. The Balaban J connectivity index is 1.49. The summed E-state index contributed by atoms with van der Waals surface area (Å²) in [5, 5.41) is 10.9. The number of hydrogen-bond donors (Lipinski definition) is 1. The molecule has 0 saturated carbocycles. The number of benzene rings is 2. The molecule has 1 aliphatic heterocycles. The van der Waals surface area contributed by atoms with E-state index in [9.17, 15) is 4.79 Å². The van der Waals surface area contributed by atoms with Gasteiger partial charge in [-0.15, -0.1) is 10.2 Å². The first kappa shape index (κ1) is 19.1. The van der Waals surface area contributed by atoms with Gasteiger partial charge in [0.15, 0.2) is 5.16 Å². The average molecular weight is 439 g/mol. The third kappa shape index (κ3) is 3.68. The Morgan fingerprint density at radius 1 is 1.07 bits per heavy atom. The van der Waals surface area contributed by atoms with Crippen molar-refractivity contribution in [3.63, 3.8) is 0 Å². The molecule has 0 atom stereocenters. The fourth-order valence-corrected chi connectivity index (χ4v) is 4.66. The van der Waals surface area contributed by atoms with Crippen LogP contribution >= 0.6 is 23.4 Å². The van der Waals surface area contributed by atoms with E-state index in [1.807, 2.05) is 47.0 Å². The van der Waals surface area contributed by atoms with Gasteiger partial charge >= 0.3 is 0 Å². The minimum Gasteiger partial charge on any atom is -0.341 e. The Hall–Kier alpha value is -2.84. The van der Waals surface area contributed by atoms with Gasteiger partial charge in [0.25, 0.3) is 5.56 Å². The van der Waals surface area contributed by atoms with E-state index in [0.29, 0.717) is 27.5 Å². The van der Waals surface area contributed by atoms with Crippen LogP contribution < -0.4 is 10.5 Å². The molecular weight excluding hydrogens is 420 g/mol. The normalized spacial score (nSPS) is 14.0. The van der Waals surface area contributed by atoms with Gasteiger partial charge in [-0.05, 0) is 43.2 Å². The zero-order chi connectivity index (χ0) is 20.5. The maximum Gasteiger partial charge on any atom is 0.258 e. The molecular formula is C21H19ClN6OS. The Bertz CT molecular complexity index is 1260. The van der Waals surface area contributed by atoms with Crippen LogP contribution in [0.5, 0.6) is 0 Å². The van der Waals surface area contributed by atoms with Crippen LogP contribution in [-0.4, -0.2) is 37.8 Å². The van der Waals surface area contributed by atoms with Crippen molar-refractivity contribution in [2.45, 2.75) is 23.8 Å². The smallest absolute Gasteiger partial charge is 0.258 e. The van der Waals surface area contributed by atoms with E-state index in [-0.39, 0.29) is 5.56 Å². The third-order valence-electron chi connectivity index (χ3n) is 5.07. The minimum absolute atomic E-state index is 0.134. The summed E-state index contributed by atoms with van der Waals surface area (Å²) in [4.78, 5) is 22.1. The highest BCUT2D eigenvalue weighted by molar-refractivity contribution is 7.98. The summed E-state index contributed by atoms with van der Waals surface area (Å²) in [6.45, 7) is 1.92. The van der Waals surface area contributed by atoms with Crippen molar-refractivity contribution in [1.82, 2.24) is 24.7 Å².